The summed E-state index contributed by atoms with van der Waals surface area (Å²) in [6.45, 7) is 1.08. The summed E-state index contributed by atoms with van der Waals surface area (Å²) < 4.78 is 0. The maximum Gasteiger partial charge on any atom is 0.0973 e. The van der Waals surface area contributed by atoms with Crippen LogP contribution in [0, 0.1) is 5.41 Å². The Morgan fingerprint density at radius 1 is 1.83 bits per heavy atom. The average Bonchev–Trinajstić information content (AvgIpc) is 1.61. The molecule has 0 bridgehead atoms. The molecule has 0 radical (unpaired) electrons. The number of hydrogen-bond donors (Lipinski definition) is 1. The molecular weight excluding hydrogens is 76.1 g/mol. The Hall–Kier alpha value is -0.530. The minimum atomic E-state index is 0.773. The Bertz CT molecular complexity index is 77.6. The summed E-state index contributed by atoms with van der Waals surface area (Å²) in [6.07, 6.45) is 0.983. The lowest BCUT2D eigenvalue weighted by Crippen LogP contribution is -2.38. The van der Waals surface area contributed by atoms with Crippen LogP contribution in [0.5, 0.6) is 0 Å². The van der Waals surface area contributed by atoms with Gasteiger partial charge in [-0.15, -0.1) is 0 Å². The topological polar surface area (TPSA) is 27.1 Å². The van der Waals surface area contributed by atoms with E-state index in [2.05, 4.69) is 0 Å². The third-order valence-electron chi connectivity index (χ3n) is 1.14. The molecule has 2 heteroatoms. The Labute approximate surface area is 37.3 Å². The van der Waals surface area contributed by atoms with Crippen LogP contribution in [-0.4, -0.2) is 24.3 Å². The molecule has 1 fully saturated rings. The van der Waals surface area contributed by atoms with Crippen LogP contribution in [0.25, 0.3) is 0 Å². The lowest BCUT2D eigenvalue weighted by atomic mass is 10.2. The maximum atomic E-state index is 6.96. The lowest BCUT2D eigenvalue weighted by molar-refractivity contribution is 0.427. The van der Waals surface area contributed by atoms with Gasteiger partial charge in [-0.2, -0.15) is 0 Å². The molecule has 0 aromatic carbocycles. The first-order valence-electron chi connectivity index (χ1n) is 2.09. The van der Waals surface area contributed by atoms with E-state index in [0.29, 0.717) is 0 Å². The van der Waals surface area contributed by atoms with E-state index >= 15 is 0 Å². The van der Waals surface area contributed by atoms with Gasteiger partial charge in [0.05, 0.1) is 5.84 Å². The fraction of sp³-hybridized carbons (Fsp3) is 0.750. The van der Waals surface area contributed by atoms with Crippen molar-refractivity contribution in [1.82, 2.24) is 4.90 Å². The van der Waals surface area contributed by atoms with Crippen molar-refractivity contribution in [3.63, 3.8) is 0 Å². The second-order valence-corrected chi connectivity index (χ2v) is 1.62. The van der Waals surface area contributed by atoms with Crippen molar-refractivity contribution in [1.29, 1.82) is 5.41 Å². The number of likely N-dealkylation sites (tertiary alicyclic amines) is 1. The van der Waals surface area contributed by atoms with Crippen molar-refractivity contribution in [3.05, 3.63) is 0 Å². The summed E-state index contributed by atoms with van der Waals surface area (Å²) in [5.41, 5.74) is 0. The molecule has 1 aliphatic rings. The van der Waals surface area contributed by atoms with E-state index in [9.17, 15) is 0 Å². The van der Waals surface area contributed by atoms with Crippen molar-refractivity contribution in [2.24, 2.45) is 0 Å². The zero-order valence-electron chi connectivity index (χ0n) is 3.86. The largest absolute Gasteiger partial charge is 0.363 e. The molecule has 1 N–H and O–H groups in total. The van der Waals surface area contributed by atoms with Gasteiger partial charge in [-0.05, 0) is 0 Å². The molecule has 0 aromatic heterocycles. The van der Waals surface area contributed by atoms with Crippen LogP contribution in [0.4, 0.5) is 0 Å². The molecule has 0 unspecified atom stereocenters. The standard InChI is InChI=1S/C4H8N2/c1-6-3-2-4(6)5/h5H,2-3H2,1H3. The minimum Gasteiger partial charge on any atom is -0.363 e. The SMILES string of the molecule is CN1CCC1=N. The first kappa shape index (κ1) is 3.65. The molecule has 0 atom stereocenters. The van der Waals surface area contributed by atoms with E-state index in [0.717, 1.165) is 18.8 Å². The fourth-order valence-corrected chi connectivity index (χ4v) is 0.447. The van der Waals surface area contributed by atoms with Gasteiger partial charge in [-0.25, -0.2) is 0 Å². The van der Waals surface area contributed by atoms with Crippen molar-refractivity contribution in [3.8, 4) is 0 Å². The molecule has 1 saturated heterocycles. The summed E-state index contributed by atoms with van der Waals surface area (Å²) >= 11 is 0. The van der Waals surface area contributed by atoms with Crippen LogP contribution in [0.15, 0.2) is 0 Å². The van der Waals surface area contributed by atoms with E-state index < -0.39 is 0 Å². The van der Waals surface area contributed by atoms with E-state index in [1.54, 1.807) is 0 Å². The Balaban J connectivity index is 2.39. The monoisotopic (exact) mass is 84.1 g/mol. The number of nitrogens with one attached hydrogen (secondary N) is 1. The molecule has 6 heavy (non-hydrogen) atoms. The van der Waals surface area contributed by atoms with E-state index in [-0.39, 0.29) is 0 Å². The summed E-state index contributed by atoms with van der Waals surface area (Å²) in [5, 5.41) is 6.96. The van der Waals surface area contributed by atoms with Gasteiger partial charge in [-0.1, -0.05) is 0 Å². The van der Waals surface area contributed by atoms with E-state index in [1.807, 2.05) is 11.9 Å². The van der Waals surface area contributed by atoms with Crippen molar-refractivity contribution in [2.45, 2.75) is 6.42 Å². The highest BCUT2D eigenvalue weighted by molar-refractivity contribution is 5.83. The zero-order valence-corrected chi connectivity index (χ0v) is 3.86. The summed E-state index contributed by atoms with van der Waals surface area (Å²) in [6, 6.07) is 0. The van der Waals surface area contributed by atoms with E-state index in [1.165, 1.54) is 0 Å². The first-order chi connectivity index (χ1) is 2.80. The quantitative estimate of drug-likeness (QED) is 0.449. The van der Waals surface area contributed by atoms with Crippen LogP contribution in [0.3, 0.4) is 0 Å². The number of rotatable bonds is 0. The second kappa shape index (κ2) is 0.965. The van der Waals surface area contributed by atoms with Crippen LogP contribution in [0.1, 0.15) is 6.42 Å². The molecular formula is C4H8N2. The highest BCUT2D eigenvalue weighted by atomic mass is 15.2. The van der Waals surface area contributed by atoms with Gasteiger partial charge in [0, 0.05) is 20.0 Å². The molecule has 1 rings (SSSR count). The third kappa shape index (κ3) is 0.295. The average molecular weight is 84.1 g/mol. The molecule has 1 aliphatic heterocycles. The number of hydrogen-bond acceptors (Lipinski definition) is 1. The van der Waals surface area contributed by atoms with Crippen molar-refractivity contribution in [2.75, 3.05) is 13.6 Å². The molecule has 1 heterocycles. The molecule has 0 aliphatic carbocycles. The minimum absolute atomic E-state index is 0.773. The Morgan fingerprint density at radius 2 is 2.33 bits per heavy atom. The van der Waals surface area contributed by atoms with Gasteiger partial charge in [0.15, 0.2) is 0 Å². The number of nitrogens with zero attached hydrogens (tertiary/aromatic N) is 1. The molecule has 0 spiro atoms. The normalized spacial score (nSPS) is 20.8. The van der Waals surface area contributed by atoms with Crippen LogP contribution in [0.2, 0.25) is 0 Å². The first-order valence-corrected chi connectivity index (χ1v) is 2.09. The predicted molar refractivity (Wildman–Crippen MR) is 25.0 cm³/mol. The smallest absolute Gasteiger partial charge is 0.0973 e. The van der Waals surface area contributed by atoms with Crippen LogP contribution >= 0.6 is 0 Å². The highest BCUT2D eigenvalue weighted by Crippen LogP contribution is 2.02. The highest BCUT2D eigenvalue weighted by Gasteiger charge is 2.12. The molecule has 0 amide bonds. The van der Waals surface area contributed by atoms with Gasteiger partial charge < -0.3 is 4.90 Å². The summed E-state index contributed by atoms with van der Waals surface area (Å²) in [7, 11) is 1.94. The lowest BCUT2D eigenvalue weighted by Gasteiger charge is -2.28. The van der Waals surface area contributed by atoms with Crippen LogP contribution in [-0.2, 0) is 0 Å². The van der Waals surface area contributed by atoms with Gasteiger partial charge in [-0.3, -0.25) is 5.41 Å². The molecule has 2 nitrogen and oxygen atoms in total. The maximum absolute atomic E-state index is 6.96. The van der Waals surface area contributed by atoms with Gasteiger partial charge in [0.2, 0.25) is 0 Å². The third-order valence-corrected chi connectivity index (χ3v) is 1.14. The van der Waals surface area contributed by atoms with Crippen molar-refractivity contribution >= 4 is 5.84 Å². The molecule has 0 aromatic rings. The van der Waals surface area contributed by atoms with Gasteiger partial charge in [0.1, 0.15) is 0 Å². The van der Waals surface area contributed by atoms with Crippen molar-refractivity contribution < 1.29 is 0 Å². The predicted octanol–water partition coefficient (Wildman–Crippen LogP) is 0.299. The summed E-state index contributed by atoms with van der Waals surface area (Å²) in [4.78, 5) is 1.93. The van der Waals surface area contributed by atoms with Crippen LogP contribution < -0.4 is 0 Å². The number of amidine groups is 1. The molecule has 34 valence electrons. The second-order valence-electron chi connectivity index (χ2n) is 1.62. The van der Waals surface area contributed by atoms with Gasteiger partial charge >= 0.3 is 0 Å². The summed E-state index contributed by atoms with van der Waals surface area (Å²) in [5.74, 6) is 0.773. The van der Waals surface area contributed by atoms with E-state index in [4.69, 9.17) is 5.41 Å². The zero-order chi connectivity index (χ0) is 4.57. The molecule has 0 saturated carbocycles. The Kier molecular flexibility index (Phi) is 0.587. The Morgan fingerprint density at radius 3 is 2.33 bits per heavy atom. The fourth-order valence-electron chi connectivity index (χ4n) is 0.447. The van der Waals surface area contributed by atoms with Gasteiger partial charge in [0.25, 0.3) is 0 Å².